The molecule has 0 spiro atoms. The van der Waals surface area contributed by atoms with Gasteiger partial charge in [0.05, 0.1) is 19.4 Å². The van der Waals surface area contributed by atoms with Gasteiger partial charge in [0.2, 0.25) is 0 Å². The van der Waals surface area contributed by atoms with Gasteiger partial charge in [0, 0.05) is 0 Å². The molecule has 0 saturated carbocycles. The van der Waals surface area contributed by atoms with E-state index in [-0.39, 0.29) is 0 Å². The van der Waals surface area contributed by atoms with E-state index in [1.54, 1.807) is 0 Å². The van der Waals surface area contributed by atoms with Gasteiger partial charge in [-0.1, -0.05) is 5.16 Å². The molecule has 1 N–H and O–H groups in total. The molecular weight excluding hydrogens is 209 g/mol. The van der Waals surface area contributed by atoms with E-state index in [2.05, 4.69) is 26.4 Å². The molecule has 6 nitrogen and oxygen atoms in total. The number of carbonyl (C=O) groups is 1. The molecule has 0 aliphatic carbocycles. The Morgan fingerprint density at radius 2 is 2.20 bits per heavy atom. The van der Waals surface area contributed by atoms with Gasteiger partial charge in [0.25, 0.3) is 0 Å². The van der Waals surface area contributed by atoms with Gasteiger partial charge in [-0.3, -0.25) is 0 Å². The summed E-state index contributed by atoms with van der Waals surface area (Å²) in [6.45, 7) is 3.14. The summed E-state index contributed by atoms with van der Waals surface area (Å²) in [6, 6.07) is 0. The maximum absolute atomic E-state index is 13.2. The van der Waals surface area contributed by atoms with Crippen molar-refractivity contribution in [2.24, 2.45) is 5.16 Å². The standard InChI is InChI=1S/C8H13FNO5/c1-5(11)7(15-8(12)13-2)6(9)4-10-14-3/h4-7,11H,1H2,2-3H3/b10-4+/t5-,6-,7-/m1/s1. The van der Waals surface area contributed by atoms with Crippen LogP contribution >= 0.6 is 0 Å². The maximum Gasteiger partial charge on any atom is 0.508 e. The average molecular weight is 222 g/mol. The van der Waals surface area contributed by atoms with Crippen molar-refractivity contribution in [2.45, 2.75) is 18.4 Å². The molecule has 0 aromatic heterocycles. The third-order valence-corrected chi connectivity index (χ3v) is 1.40. The molecule has 0 aliphatic heterocycles. The van der Waals surface area contributed by atoms with Gasteiger partial charge in [-0.15, -0.1) is 0 Å². The molecule has 0 fully saturated rings. The molecule has 0 saturated heterocycles. The van der Waals surface area contributed by atoms with Gasteiger partial charge in [0.1, 0.15) is 7.11 Å². The average Bonchev–Trinajstić information content (AvgIpc) is 2.21. The van der Waals surface area contributed by atoms with E-state index in [4.69, 9.17) is 5.11 Å². The zero-order valence-electron chi connectivity index (χ0n) is 8.42. The van der Waals surface area contributed by atoms with Crippen molar-refractivity contribution in [1.82, 2.24) is 0 Å². The summed E-state index contributed by atoms with van der Waals surface area (Å²) in [4.78, 5) is 14.9. The van der Waals surface area contributed by atoms with E-state index in [1.165, 1.54) is 7.11 Å². The number of carbonyl (C=O) groups excluding carboxylic acids is 1. The van der Waals surface area contributed by atoms with E-state index in [9.17, 15) is 9.18 Å². The Morgan fingerprint density at radius 1 is 1.60 bits per heavy atom. The molecule has 87 valence electrons. The third-order valence-electron chi connectivity index (χ3n) is 1.40. The number of aliphatic hydroxyl groups is 1. The minimum Gasteiger partial charge on any atom is -0.438 e. The van der Waals surface area contributed by atoms with Crippen molar-refractivity contribution in [2.75, 3.05) is 14.2 Å². The Balaban J connectivity index is 4.37. The van der Waals surface area contributed by atoms with Gasteiger partial charge >= 0.3 is 6.16 Å². The molecule has 3 atom stereocenters. The van der Waals surface area contributed by atoms with Crippen LogP contribution in [-0.2, 0) is 14.3 Å². The fourth-order valence-corrected chi connectivity index (χ4v) is 0.719. The molecule has 15 heavy (non-hydrogen) atoms. The highest BCUT2D eigenvalue weighted by molar-refractivity contribution is 5.65. The van der Waals surface area contributed by atoms with Gasteiger partial charge in [-0.2, -0.15) is 0 Å². The smallest absolute Gasteiger partial charge is 0.438 e. The molecule has 0 aromatic carbocycles. The summed E-state index contributed by atoms with van der Waals surface area (Å²) in [5.74, 6) is 0. The first-order valence-corrected chi connectivity index (χ1v) is 3.99. The first-order chi connectivity index (χ1) is 7.02. The lowest BCUT2D eigenvalue weighted by molar-refractivity contribution is -0.0307. The lowest BCUT2D eigenvalue weighted by Crippen LogP contribution is -2.38. The molecule has 1 radical (unpaired) electrons. The summed E-state index contributed by atoms with van der Waals surface area (Å²) in [5, 5.41) is 12.2. The second-order valence-corrected chi connectivity index (χ2v) is 2.49. The summed E-state index contributed by atoms with van der Waals surface area (Å²) >= 11 is 0. The van der Waals surface area contributed by atoms with Crippen molar-refractivity contribution in [3.05, 3.63) is 6.92 Å². The second kappa shape index (κ2) is 6.99. The lowest BCUT2D eigenvalue weighted by Gasteiger charge is -2.20. The topological polar surface area (TPSA) is 77.4 Å². The number of methoxy groups -OCH3 is 1. The third kappa shape index (κ3) is 5.16. The van der Waals surface area contributed by atoms with Crippen molar-refractivity contribution in [3.63, 3.8) is 0 Å². The number of hydrogen-bond acceptors (Lipinski definition) is 6. The van der Waals surface area contributed by atoms with E-state index in [0.29, 0.717) is 0 Å². The van der Waals surface area contributed by atoms with Crippen molar-refractivity contribution < 1.29 is 28.6 Å². The maximum atomic E-state index is 13.2. The van der Waals surface area contributed by atoms with Gasteiger partial charge < -0.3 is 19.4 Å². The highest BCUT2D eigenvalue weighted by Crippen LogP contribution is 2.08. The SMILES string of the molecule is [CH2][C@@H](O)[C@@H](OC(=O)OC)[C@H](F)/C=N/OC. The number of nitrogens with zero attached hydrogens (tertiary/aromatic N) is 1. The Hall–Kier alpha value is -1.37. The Morgan fingerprint density at radius 3 is 2.60 bits per heavy atom. The van der Waals surface area contributed by atoms with Crippen LogP contribution in [-0.4, -0.2) is 50.1 Å². The van der Waals surface area contributed by atoms with Crippen LogP contribution in [0.25, 0.3) is 0 Å². The summed E-state index contributed by atoms with van der Waals surface area (Å²) in [5.41, 5.74) is 0. The van der Waals surface area contributed by atoms with Crippen molar-refractivity contribution in [3.8, 4) is 0 Å². The van der Waals surface area contributed by atoms with Gasteiger partial charge in [-0.25, -0.2) is 9.18 Å². The number of rotatable bonds is 5. The molecule has 0 unspecified atom stereocenters. The molecule has 0 heterocycles. The van der Waals surface area contributed by atoms with Gasteiger partial charge in [-0.05, 0) is 6.92 Å². The summed E-state index contributed by atoms with van der Waals surface area (Å²) in [7, 11) is 2.28. The van der Waals surface area contributed by atoms with Crippen LogP contribution in [0.5, 0.6) is 0 Å². The van der Waals surface area contributed by atoms with E-state index < -0.39 is 24.5 Å². The molecule has 0 bridgehead atoms. The molecule has 0 amide bonds. The van der Waals surface area contributed by atoms with Crippen molar-refractivity contribution in [1.29, 1.82) is 0 Å². The Bertz CT molecular complexity index is 221. The Kier molecular flexibility index (Phi) is 6.35. The fraction of sp³-hybridized carbons (Fsp3) is 0.625. The predicted molar refractivity (Wildman–Crippen MR) is 49.0 cm³/mol. The molecular formula is C8H13FNO5. The first-order valence-electron chi connectivity index (χ1n) is 3.99. The second-order valence-electron chi connectivity index (χ2n) is 2.49. The summed E-state index contributed by atoms with van der Waals surface area (Å²) < 4.78 is 21.8. The zero-order chi connectivity index (χ0) is 11.8. The predicted octanol–water partition coefficient (Wildman–Crippen LogP) is 0.303. The number of alkyl halides is 1. The lowest BCUT2D eigenvalue weighted by atomic mass is 10.1. The molecule has 0 aliphatic rings. The monoisotopic (exact) mass is 222 g/mol. The molecule has 0 aromatic rings. The zero-order valence-corrected chi connectivity index (χ0v) is 8.42. The van der Waals surface area contributed by atoms with E-state index >= 15 is 0 Å². The highest BCUT2D eigenvalue weighted by atomic mass is 19.1. The fourth-order valence-electron chi connectivity index (χ4n) is 0.719. The number of halogens is 1. The highest BCUT2D eigenvalue weighted by Gasteiger charge is 2.29. The van der Waals surface area contributed by atoms with Crippen LogP contribution in [0.4, 0.5) is 9.18 Å². The molecule has 7 heteroatoms. The van der Waals surface area contributed by atoms with Crippen LogP contribution in [0.2, 0.25) is 0 Å². The normalized spacial score (nSPS) is 16.9. The van der Waals surface area contributed by atoms with E-state index in [1.807, 2.05) is 0 Å². The molecule has 0 rings (SSSR count). The van der Waals surface area contributed by atoms with Gasteiger partial charge in [0.15, 0.2) is 12.3 Å². The largest absolute Gasteiger partial charge is 0.508 e. The number of ether oxygens (including phenoxy) is 2. The first kappa shape index (κ1) is 13.6. The number of hydrogen-bond donors (Lipinski definition) is 1. The number of aliphatic hydroxyl groups excluding tert-OH is 1. The van der Waals surface area contributed by atoms with E-state index in [0.717, 1.165) is 13.3 Å². The van der Waals surface area contributed by atoms with Crippen LogP contribution in [0, 0.1) is 6.92 Å². The number of oxime groups is 1. The Labute approximate surface area is 86.6 Å². The minimum atomic E-state index is -1.84. The minimum absolute atomic E-state index is 0.738. The quantitative estimate of drug-likeness (QED) is 0.411. The van der Waals surface area contributed by atoms with Crippen LogP contribution in [0.15, 0.2) is 5.16 Å². The van der Waals surface area contributed by atoms with Crippen molar-refractivity contribution >= 4 is 12.4 Å². The van der Waals surface area contributed by atoms with Crippen LogP contribution < -0.4 is 0 Å². The summed E-state index contributed by atoms with van der Waals surface area (Å²) in [6.07, 6.45) is -5.14. The van der Waals surface area contributed by atoms with Crippen LogP contribution in [0.3, 0.4) is 0 Å². The van der Waals surface area contributed by atoms with Crippen LogP contribution in [0.1, 0.15) is 0 Å².